The summed E-state index contributed by atoms with van der Waals surface area (Å²) in [7, 11) is 3.08. The van der Waals surface area contributed by atoms with Crippen LogP contribution in [0, 0.1) is 0 Å². The second kappa shape index (κ2) is 9.36. The molecule has 0 saturated carbocycles. The number of hydrogen-bond donors (Lipinski definition) is 0. The van der Waals surface area contributed by atoms with Crippen LogP contribution in [0.5, 0.6) is 11.5 Å². The Balaban J connectivity index is 1.51. The first-order valence-electron chi connectivity index (χ1n) is 10.5. The monoisotopic (exact) mass is 507 g/mol. The van der Waals surface area contributed by atoms with Crippen LogP contribution in [-0.2, 0) is 6.42 Å². The molecule has 0 aliphatic heterocycles. The highest BCUT2D eigenvalue weighted by Gasteiger charge is 2.14. The summed E-state index contributed by atoms with van der Waals surface area (Å²) in [5, 5.41) is 4.86. The maximum Gasteiger partial charge on any atom is 0.296 e. The van der Waals surface area contributed by atoms with Crippen LogP contribution in [0.2, 0.25) is 5.02 Å². The lowest BCUT2D eigenvalue weighted by Crippen LogP contribution is -2.28. The number of hydrogen-bond acceptors (Lipinski definition) is 8. The molecule has 0 aliphatic rings. The zero-order valence-electron chi connectivity index (χ0n) is 18.6. The largest absolute Gasteiger partial charge is 0.493 e. The maximum absolute atomic E-state index is 13.0. The molecule has 35 heavy (non-hydrogen) atoms. The maximum atomic E-state index is 13.0. The minimum Gasteiger partial charge on any atom is -0.493 e. The van der Waals surface area contributed by atoms with Gasteiger partial charge in [0.2, 0.25) is 4.96 Å². The number of fused-ring (bicyclic) bond motifs is 1. The molecule has 0 amide bonds. The average molecular weight is 508 g/mol. The quantitative estimate of drug-likeness (QED) is 0.346. The molecule has 0 saturated heterocycles. The van der Waals surface area contributed by atoms with Gasteiger partial charge in [0.25, 0.3) is 11.1 Å². The lowest BCUT2D eigenvalue weighted by molar-refractivity contribution is 0.354. The van der Waals surface area contributed by atoms with Crippen molar-refractivity contribution in [3.63, 3.8) is 0 Å². The van der Waals surface area contributed by atoms with Gasteiger partial charge in [0, 0.05) is 18.1 Å². The zero-order valence-corrected chi connectivity index (χ0v) is 20.2. The fourth-order valence-corrected chi connectivity index (χ4v) is 4.71. The van der Waals surface area contributed by atoms with E-state index in [1.165, 1.54) is 7.11 Å². The van der Waals surface area contributed by atoms with E-state index >= 15 is 0 Å². The summed E-state index contributed by atoms with van der Waals surface area (Å²) in [6, 6.07) is 16.2. The molecule has 0 bridgehead atoms. The Morgan fingerprint density at radius 2 is 1.86 bits per heavy atom. The Morgan fingerprint density at radius 1 is 1.06 bits per heavy atom. The van der Waals surface area contributed by atoms with Crippen molar-refractivity contribution >= 4 is 34.0 Å². The highest BCUT2D eigenvalue weighted by atomic mass is 35.5. The Morgan fingerprint density at radius 3 is 2.63 bits per heavy atom. The van der Waals surface area contributed by atoms with E-state index in [9.17, 15) is 9.59 Å². The normalized spacial score (nSPS) is 11.8. The van der Waals surface area contributed by atoms with Crippen molar-refractivity contribution < 1.29 is 13.9 Å². The van der Waals surface area contributed by atoms with Gasteiger partial charge in [0.05, 0.1) is 19.2 Å². The summed E-state index contributed by atoms with van der Waals surface area (Å²) in [5.41, 5.74) is 0.788. The fourth-order valence-electron chi connectivity index (χ4n) is 3.60. The molecule has 2 aromatic carbocycles. The van der Waals surface area contributed by atoms with Gasteiger partial charge in [-0.1, -0.05) is 41.1 Å². The number of ether oxygens (including phenoxy) is 2. The average Bonchev–Trinajstić information content (AvgIpc) is 3.44. The molecular weight excluding hydrogens is 490 g/mol. The molecule has 0 atom stereocenters. The van der Waals surface area contributed by atoms with Crippen LogP contribution < -0.4 is 25.1 Å². The molecule has 10 heteroatoms. The summed E-state index contributed by atoms with van der Waals surface area (Å²) in [4.78, 5) is 29.9. The molecule has 8 nitrogen and oxygen atoms in total. The standard InChI is InChI=1S/C25H18ClN3O5S/c1-32-20-9-7-14(12-21(20)33-2)11-18-23(30)27-25-29(28-18)24(31)22(35-25)13-15-8-10-19(34-15)16-5-3-4-6-17(16)26/h3-10,12-13H,11H2,1-2H3/b22-13-. The Kier molecular flexibility index (Phi) is 6.10. The molecular formula is C25H18ClN3O5S. The highest BCUT2D eigenvalue weighted by Crippen LogP contribution is 2.29. The third kappa shape index (κ3) is 4.43. The van der Waals surface area contributed by atoms with Gasteiger partial charge in [-0.25, -0.2) is 0 Å². The molecule has 0 spiro atoms. The van der Waals surface area contributed by atoms with Crippen molar-refractivity contribution in [3.8, 4) is 22.8 Å². The first kappa shape index (κ1) is 22.8. The van der Waals surface area contributed by atoms with E-state index in [2.05, 4.69) is 10.1 Å². The van der Waals surface area contributed by atoms with Gasteiger partial charge in [-0.15, -0.1) is 0 Å². The van der Waals surface area contributed by atoms with Crippen molar-refractivity contribution in [1.82, 2.24) is 14.6 Å². The van der Waals surface area contributed by atoms with Gasteiger partial charge in [-0.05, 0) is 42.0 Å². The third-order valence-corrected chi connectivity index (χ3v) is 6.60. The van der Waals surface area contributed by atoms with Crippen LogP contribution in [-0.4, -0.2) is 28.8 Å². The number of furan rings is 1. The second-order valence-corrected chi connectivity index (χ2v) is 8.94. The molecule has 176 valence electrons. The van der Waals surface area contributed by atoms with Gasteiger partial charge >= 0.3 is 0 Å². The minimum atomic E-state index is -0.494. The first-order valence-corrected chi connectivity index (χ1v) is 11.7. The van der Waals surface area contributed by atoms with E-state index in [0.717, 1.165) is 27.0 Å². The smallest absolute Gasteiger partial charge is 0.296 e. The zero-order chi connectivity index (χ0) is 24.5. The number of methoxy groups -OCH3 is 2. The van der Waals surface area contributed by atoms with E-state index in [1.54, 1.807) is 49.6 Å². The van der Waals surface area contributed by atoms with Gasteiger partial charge in [-0.2, -0.15) is 14.6 Å². The molecule has 0 fully saturated rings. The summed E-state index contributed by atoms with van der Waals surface area (Å²) < 4.78 is 17.9. The van der Waals surface area contributed by atoms with Crippen LogP contribution in [0.1, 0.15) is 17.0 Å². The van der Waals surface area contributed by atoms with Crippen LogP contribution >= 0.6 is 22.9 Å². The van der Waals surface area contributed by atoms with E-state index in [-0.39, 0.29) is 22.6 Å². The fraction of sp³-hybridized carbons (Fsp3) is 0.120. The van der Waals surface area contributed by atoms with E-state index in [0.29, 0.717) is 32.6 Å². The van der Waals surface area contributed by atoms with E-state index in [1.807, 2.05) is 18.2 Å². The lowest BCUT2D eigenvalue weighted by atomic mass is 10.1. The molecule has 3 heterocycles. The van der Waals surface area contributed by atoms with Crippen molar-refractivity contribution in [2.24, 2.45) is 0 Å². The van der Waals surface area contributed by atoms with Gasteiger partial charge in [0.1, 0.15) is 21.7 Å². The van der Waals surface area contributed by atoms with Gasteiger partial charge < -0.3 is 13.9 Å². The van der Waals surface area contributed by atoms with E-state index in [4.69, 9.17) is 25.5 Å². The summed E-state index contributed by atoms with van der Waals surface area (Å²) >= 11 is 7.31. The predicted molar refractivity (Wildman–Crippen MR) is 134 cm³/mol. The Labute approximate surface area is 207 Å². The number of aromatic nitrogens is 3. The van der Waals surface area contributed by atoms with Crippen molar-refractivity contribution in [2.75, 3.05) is 14.2 Å². The van der Waals surface area contributed by atoms with Crippen LogP contribution in [0.25, 0.3) is 22.4 Å². The predicted octanol–water partition coefficient (Wildman–Crippen LogP) is 3.58. The Hall–Kier alpha value is -3.95. The minimum absolute atomic E-state index is 0.148. The summed E-state index contributed by atoms with van der Waals surface area (Å²) in [6.45, 7) is 0. The summed E-state index contributed by atoms with van der Waals surface area (Å²) in [5.74, 6) is 2.16. The topological polar surface area (TPSA) is 95.9 Å². The number of thiazole rings is 1. The van der Waals surface area contributed by atoms with E-state index < -0.39 is 5.56 Å². The molecule has 0 N–H and O–H groups in total. The number of nitrogens with zero attached hydrogens (tertiary/aromatic N) is 3. The molecule has 3 aromatic heterocycles. The van der Waals surface area contributed by atoms with Crippen molar-refractivity contribution in [2.45, 2.75) is 6.42 Å². The number of benzene rings is 2. The Bertz CT molecular complexity index is 1720. The van der Waals surface area contributed by atoms with Crippen molar-refractivity contribution in [3.05, 3.63) is 102 Å². The van der Waals surface area contributed by atoms with Crippen LogP contribution in [0.4, 0.5) is 0 Å². The molecule has 0 aliphatic carbocycles. The van der Waals surface area contributed by atoms with Crippen molar-refractivity contribution in [1.29, 1.82) is 0 Å². The van der Waals surface area contributed by atoms with Crippen LogP contribution in [0.3, 0.4) is 0 Å². The summed E-state index contributed by atoms with van der Waals surface area (Å²) in [6.07, 6.45) is 1.78. The van der Waals surface area contributed by atoms with Gasteiger partial charge in [-0.3, -0.25) is 9.59 Å². The van der Waals surface area contributed by atoms with Crippen LogP contribution in [0.15, 0.2) is 68.6 Å². The van der Waals surface area contributed by atoms with Gasteiger partial charge in [0.15, 0.2) is 11.5 Å². The molecule has 0 unspecified atom stereocenters. The molecule has 5 rings (SSSR count). The molecule has 0 radical (unpaired) electrons. The third-order valence-electron chi connectivity index (χ3n) is 5.31. The SMILES string of the molecule is COc1ccc(Cc2nn3c(=O)/c(=C/c4ccc(-c5ccccc5Cl)o4)sc3nc2=O)cc1OC. The highest BCUT2D eigenvalue weighted by molar-refractivity contribution is 7.15. The number of halogens is 1. The first-order chi connectivity index (χ1) is 17.0. The lowest BCUT2D eigenvalue weighted by Gasteiger charge is -2.09. The number of rotatable bonds is 6. The second-order valence-electron chi connectivity index (χ2n) is 7.52. The molecule has 5 aromatic rings.